The van der Waals surface area contributed by atoms with Crippen molar-refractivity contribution in [1.82, 2.24) is 0 Å². The van der Waals surface area contributed by atoms with Gasteiger partial charge in [0.2, 0.25) is 5.91 Å². The molecule has 2 aromatic rings. The molecule has 0 fully saturated rings. The average Bonchev–Trinajstić information content (AvgIpc) is 2.49. The number of carbonyl (C=O) groups is 2. The molecule has 0 aliphatic carbocycles. The van der Waals surface area contributed by atoms with E-state index in [0.717, 1.165) is 11.1 Å². The number of anilines is 1. The SMILES string of the molecule is Cc1cccc(C(=O)c2cccc(NC(=O)C(C)C)c2)c1C. The Morgan fingerprint density at radius 3 is 2.36 bits per heavy atom. The lowest BCUT2D eigenvalue weighted by atomic mass is 9.96. The maximum Gasteiger partial charge on any atom is 0.226 e. The van der Waals surface area contributed by atoms with Crippen LogP contribution in [0.3, 0.4) is 0 Å². The van der Waals surface area contributed by atoms with E-state index in [1.165, 1.54) is 0 Å². The molecule has 0 aromatic heterocycles. The summed E-state index contributed by atoms with van der Waals surface area (Å²) in [6.45, 7) is 7.61. The highest BCUT2D eigenvalue weighted by Crippen LogP contribution is 2.19. The van der Waals surface area contributed by atoms with Crippen molar-refractivity contribution in [1.29, 1.82) is 0 Å². The highest BCUT2D eigenvalue weighted by molar-refractivity contribution is 6.10. The molecule has 2 rings (SSSR count). The van der Waals surface area contributed by atoms with Gasteiger partial charge in [-0.15, -0.1) is 0 Å². The van der Waals surface area contributed by atoms with E-state index in [4.69, 9.17) is 0 Å². The maximum atomic E-state index is 12.7. The summed E-state index contributed by atoms with van der Waals surface area (Å²) >= 11 is 0. The number of hydrogen-bond acceptors (Lipinski definition) is 2. The predicted molar refractivity (Wildman–Crippen MR) is 89.3 cm³/mol. The van der Waals surface area contributed by atoms with E-state index in [-0.39, 0.29) is 17.6 Å². The number of hydrogen-bond donors (Lipinski definition) is 1. The molecule has 0 heterocycles. The van der Waals surface area contributed by atoms with Crippen LogP contribution in [0, 0.1) is 19.8 Å². The van der Waals surface area contributed by atoms with Gasteiger partial charge in [-0.1, -0.05) is 44.2 Å². The molecule has 0 spiro atoms. The molecule has 0 saturated heterocycles. The highest BCUT2D eigenvalue weighted by atomic mass is 16.1. The van der Waals surface area contributed by atoms with Crippen LogP contribution in [0.15, 0.2) is 42.5 Å². The second-order valence-corrected chi connectivity index (χ2v) is 5.80. The van der Waals surface area contributed by atoms with Gasteiger partial charge >= 0.3 is 0 Å². The van der Waals surface area contributed by atoms with Crippen molar-refractivity contribution in [2.24, 2.45) is 5.92 Å². The minimum atomic E-state index is -0.0987. The normalized spacial score (nSPS) is 10.6. The largest absolute Gasteiger partial charge is 0.326 e. The van der Waals surface area contributed by atoms with Gasteiger partial charge < -0.3 is 5.32 Å². The molecule has 0 unspecified atom stereocenters. The molecule has 0 bridgehead atoms. The monoisotopic (exact) mass is 295 g/mol. The first-order valence-corrected chi connectivity index (χ1v) is 7.42. The lowest BCUT2D eigenvalue weighted by Gasteiger charge is -2.10. The fraction of sp³-hybridized carbons (Fsp3) is 0.263. The van der Waals surface area contributed by atoms with Gasteiger partial charge in [-0.05, 0) is 37.1 Å². The number of amides is 1. The summed E-state index contributed by atoms with van der Waals surface area (Å²) < 4.78 is 0. The van der Waals surface area contributed by atoms with Crippen LogP contribution in [0.1, 0.15) is 40.9 Å². The molecule has 22 heavy (non-hydrogen) atoms. The number of benzene rings is 2. The Hall–Kier alpha value is -2.42. The van der Waals surface area contributed by atoms with Gasteiger partial charge in [-0.25, -0.2) is 0 Å². The second kappa shape index (κ2) is 6.56. The zero-order valence-corrected chi connectivity index (χ0v) is 13.4. The third-order valence-electron chi connectivity index (χ3n) is 3.77. The second-order valence-electron chi connectivity index (χ2n) is 5.80. The molecule has 2 aromatic carbocycles. The number of nitrogens with one attached hydrogen (secondary N) is 1. The molecule has 114 valence electrons. The molecule has 0 atom stereocenters. The first-order chi connectivity index (χ1) is 10.4. The minimum Gasteiger partial charge on any atom is -0.326 e. The quantitative estimate of drug-likeness (QED) is 0.862. The Bertz CT molecular complexity index is 717. The summed E-state index contributed by atoms with van der Waals surface area (Å²) in [6, 6.07) is 12.8. The Labute approximate surface area is 131 Å². The fourth-order valence-corrected chi connectivity index (χ4v) is 2.18. The van der Waals surface area contributed by atoms with E-state index in [2.05, 4.69) is 5.32 Å². The van der Waals surface area contributed by atoms with Gasteiger partial charge in [0.05, 0.1) is 0 Å². The number of carbonyl (C=O) groups excluding carboxylic acids is 2. The van der Waals surface area contributed by atoms with E-state index in [1.807, 2.05) is 45.9 Å². The van der Waals surface area contributed by atoms with Crippen LogP contribution in [0.2, 0.25) is 0 Å². The van der Waals surface area contributed by atoms with Gasteiger partial charge in [0.1, 0.15) is 0 Å². The van der Waals surface area contributed by atoms with Crippen LogP contribution < -0.4 is 5.32 Å². The van der Waals surface area contributed by atoms with Crippen molar-refractivity contribution in [2.45, 2.75) is 27.7 Å². The van der Waals surface area contributed by atoms with Crippen LogP contribution >= 0.6 is 0 Å². The van der Waals surface area contributed by atoms with Gasteiger partial charge in [-0.2, -0.15) is 0 Å². The molecular weight excluding hydrogens is 274 g/mol. The zero-order valence-electron chi connectivity index (χ0n) is 13.4. The lowest BCUT2D eigenvalue weighted by Crippen LogP contribution is -2.18. The summed E-state index contributed by atoms with van der Waals surface area (Å²) in [5.41, 5.74) is 4.01. The summed E-state index contributed by atoms with van der Waals surface area (Å²) in [5.74, 6) is -0.184. The fourth-order valence-electron chi connectivity index (χ4n) is 2.18. The standard InChI is InChI=1S/C19H21NO2/c1-12(2)19(22)20-16-9-6-8-15(11-16)18(21)17-10-5-7-13(3)14(17)4/h5-12H,1-4H3,(H,20,22). The number of aryl methyl sites for hydroxylation is 1. The van der Waals surface area contributed by atoms with Crippen molar-refractivity contribution in [3.05, 3.63) is 64.7 Å². The predicted octanol–water partition coefficient (Wildman–Crippen LogP) is 4.13. The third kappa shape index (κ3) is 3.42. The van der Waals surface area contributed by atoms with E-state index in [1.54, 1.807) is 24.3 Å². The lowest BCUT2D eigenvalue weighted by molar-refractivity contribution is -0.118. The first-order valence-electron chi connectivity index (χ1n) is 7.42. The number of rotatable bonds is 4. The maximum absolute atomic E-state index is 12.7. The summed E-state index contributed by atoms with van der Waals surface area (Å²) in [4.78, 5) is 24.4. The van der Waals surface area contributed by atoms with E-state index >= 15 is 0 Å². The van der Waals surface area contributed by atoms with Crippen LogP contribution in [-0.2, 0) is 4.79 Å². The molecule has 3 nitrogen and oxygen atoms in total. The minimum absolute atomic E-state index is 0.0261. The van der Waals surface area contributed by atoms with Crippen molar-refractivity contribution < 1.29 is 9.59 Å². The van der Waals surface area contributed by atoms with Crippen molar-refractivity contribution in [3.8, 4) is 0 Å². The van der Waals surface area contributed by atoms with Crippen LogP contribution in [0.25, 0.3) is 0 Å². The first kappa shape index (κ1) is 16.0. The van der Waals surface area contributed by atoms with Crippen LogP contribution in [0.4, 0.5) is 5.69 Å². The van der Waals surface area contributed by atoms with Crippen LogP contribution in [0.5, 0.6) is 0 Å². The van der Waals surface area contributed by atoms with Crippen molar-refractivity contribution >= 4 is 17.4 Å². The summed E-state index contributed by atoms with van der Waals surface area (Å²) in [5, 5.41) is 2.82. The molecule has 0 saturated carbocycles. The number of ketones is 1. The molecule has 3 heteroatoms. The van der Waals surface area contributed by atoms with Crippen molar-refractivity contribution in [2.75, 3.05) is 5.32 Å². The third-order valence-corrected chi connectivity index (χ3v) is 3.77. The molecule has 0 radical (unpaired) electrons. The Morgan fingerprint density at radius 1 is 1.00 bits per heavy atom. The topological polar surface area (TPSA) is 46.2 Å². The zero-order chi connectivity index (χ0) is 16.3. The Morgan fingerprint density at radius 2 is 1.68 bits per heavy atom. The molecule has 1 amide bonds. The van der Waals surface area contributed by atoms with Crippen LogP contribution in [-0.4, -0.2) is 11.7 Å². The van der Waals surface area contributed by atoms with E-state index in [0.29, 0.717) is 16.8 Å². The Balaban J connectivity index is 2.31. The van der Waals surface area contributed by atoms with Gasteiger partial charge in [0.15, 0.2) is 5.78 Å². The molecule has 0 aliphatic heterocycles. The van der Waals surface area contributed by atoms with Gasteiger partial charge in [0.25, 0.3) is 0 Å². The Kier molecular flexibility index (Phi) is 4.76. The van der Waals surface area contributed by atoms with Gasteiger partial charge in [0, 0.05) is 22.7 Å². The van der Waals surface area contributed by atoms with E-state index < -0.39 is 0 Å². The molecular formula is C19H21NO2. The summed E-state index contributed by atoms with van der Waals surface area (Å²) in [7, 11) is 0. The molecule has 1 N–H and O–H groups in total. The highest BCUT2D eigenvalue weighted by Gasteiger charge is 2.14. The smallest absolute Gasteiger partial charge is 0.226 e. The van der Waals surface area contributed by atoms with Crippen molar-refractivity contribution in [3.63, 3.8) is 0 Å². The van der Waals surface area contributed by atoms with Gasteiger partial charge in [-0.3, -0.25) is 9.59 Å². The van der Waals surface area contributed by atoms with E-state index in [9.17, 15) is 9.59 Å². The average molecular weight is 295 g/mol. The summed E-state index contributed by atoms with van der Waals surface area (Å²) in [6.07, 6.45) is 0. The molecule has 0 aliphatic rings.